The second-order valence-corrected chi connectivity index (χ2v) is 3.39. The van der Waals surface area contributed by atoms with Gasteiger partial charge in [-0.15, -0.1) is 4.28 Å². The zero-order valence-corrected chi connectivity index (χ0v) is 7.61. The highest BCUT2D eigenvalue weighted by molar-refractivity contribution is 7.81. The Balaban J connectivity index is 2.37. The van der Waals surface area contributed by atoms with Crippen molar-refractivity contribution in [2.45, 2.75) is 0 Å². The molecule has 1 N–H and O–H groups in total. The van der Waals surface area contributed by atoms with Crippen molar-refractivity contribution < 1.29 is 22.0 Å². The van der Waals surface area contributed by atoms with Crippen molar-refractivity contribution in [2.75, 3.05) is 26.3 Å². The lowest BCUT2D eigenvalue weighted by atomic mass is 10.7. The van der Waals surface area contributed by atoms with E-state index < -0.39 is 10.4 Å². The molecule has 1 aliphatic heterocycles. The van der Waals surface area contributed by atoms with Crippen LogP contribution in [0.5, 0.6) is 0 Å². The Morgan fingerprint density at radius 2 is 2.38 bits per heavy atom. The van der Waals surface area contributed by atoms with Crippen molar-refractivity contribution in [3.05, 3.63) is 0 Å². The van der Waals surface area contributed by atoms with E-state index in [0.717, 1.165) is 5.06 Å². The molecule has 0 atom stereocenters. The number of aliphatic hydroxyl groups is 1. The van der Waals surface area contributed by atoms with Gasteiger partial charge < -0.3 is 5.11 Å². The van der Waals surface area contributed by atoms with E-state index >= 15 is 0 Å². The molecule has 1 rings (SSSR count). The lowest BCUT2D eigenvalue weighted by Gasteiger charge is -2.11. The number of aliphatic imine (C=N–C) groups is 1. The Bertz CT molecular complexity index is 275. The molecule has 7 nitrogen and oxygen atoms in total. The minimum Gasteiger partial charge on any atom is -0.394 e. The summed E-state index contributed by atoms with van der Waals surface area (Å²) in [4.78, 5) is 3.74. The number of hydroxylamine groups is 2. The predicted molar refractivity (Wildman–Crippen MR) is 43.1 cm³/mol. The van der Waals surface area contributed by atoms with Gasteiger partial charge in [-0.25, -0.2) is 9.25 Å². The summed E-state index contributed by atoms with van der Waals surface area (Å²) in [5.74, 6) is 0. The molecule has 0 aromatic rings. The Labute approximate surface area is 75.9 Å². The maximum atomic E-state index is 10.9. The summed E-state index contributed by atoms with van der Waals surface area (Å²) >= 11 is 0. The standard InChI is InChI=1S/C5H10N2O5S/c8-3-4-11-13(9,10)12-7-2-1-6-5-7/h5,8H,1-4H2. The topological polar surface area (TPSA) is 88.4 Å². The van der Waals surface area contributed by atoms with Crippen LogP contribution in [0.15, 0.2) is 4.99 Å². The molecule has 0 spiro atoms. The van der Waals surface area contributed by atoms with Gasteiger partial charge in [0.2, 0.25) is 0 Å². The van der Waals surface area contributed by atoms with E-state index in [1.807, 2.05) is 0 Å². The molecule has 0 aliphatic carbocycles. The fourth-order valence-electron chi connectivity index (χ4n) is 0.697. The molecule has 1 aliphatic rings. The third kappa shape index (κ3) is 3.68. The summed E-state index contributed by atoms with van der Waals surface area (Å²) in [7, 11) is -4.05. The highest BCUT2D eigenvalue weighted by Crippen LogP contribution is 2.02. The van der Waals surface area contributed by atoms with Crippen molar-refractivity contribution in [1.29, 1.82) is 0 Å². The monoisotopic (exact) mass is 210 g/mol. The smallest absolute Gasteiger partial charge is 0.394 e. The van der Waals surface area contributed by atoms with Crippen LogP contribution in [0.1, 0.15) is 0 Å². The SMILES string of the molecule is O=S(=O)(OCCO)ON1C=NCC1. The van der Waals surface area contributed by atoms with Gasteiger partial charge in [0.05, 0.1) is 26.3 Å². The first-order valence-electron chi connectivity index (χ1n) is 3.60. The normalized spacial score (nSPS) is 16.8. The molecule has 0 aromatic carbocycles. The minimum atomic E-state index is -4.05. The lowest BCUT2D eigenvalue weighted by Crippen LogP contribution is -2.26. The Morgan fingerprint density at radius 1 is 1.62 bits per heavy atom. The number of nitrogens with zero attached hydrogens (tertiary/aromatic N) is 2. The van der Waals surface area contributed by atoms with Crippen molar-refractivity contribution >= 4 is 16.7 Å². The van der Waals surface area contributed by atoms with Gasteiger partial charge in [-0.1, -0.05) is 0 Å². The first kappa shape index (κ1) is 10.4. The van der Waals surface area contributed by atoms with E-state index in [4.69, 9.17) is 5.11 Å². The second kappa shape index (κ2) is 4.51. The summed E-state index contributed by atoms with van der Waals surface area (Å²) < 4.78 is 30.4. The van der Waals surface area contributed by atoms with Crippen LogP contribution in [0, 0.1) is 0 Å². The molecule has 0 bridgehead atoms. The minimum absolute atomic E-state index is 0.312. The first-order valence-corrected chi connectivity index (χ1v) is 4.94. The van der Waals surface area contributed by atoms with Crippen molar-refractivity contribution in [2.24, 2.45) is 4.99 Å². The van der Waals surface area contributed by atoms with E-state index in [0.29, 0.717) is 13.1 Å². The van der Waals surface area contributed by atoms with E-state index in [2.05, 4.69) is 13.5 Å². The largest absolute Gasteiger partial charge is 0.421 e. The van der Waals surface area contributed by atoms with Gasteiger partial charge in [-0.05, 0) is 0 Å². The average molecular weight is 210 g/mol. The zero-order chi connectivity index (χ0) is 9.73. The Hall–Kier alpha value is -0.700. The molecule has 13 heavy (non-hydrogen) atoms. The van der Waals surface area contributed by atoms with Crippen molar-refractivity contribution in [1.82, 2.24) is 5.06 Å². The van der Waals surface area contributed by atoms with Crippen LogP contribution in [0.25, 0.3) is 0 Å². The molecule has 0 fully saturated rings. The molecule has 0 saturated carbocycles. The lowest BCUT2D eigenvalue weighted by molar-refractivity contribution is 0.0194. The third-order valence-electron chi connectivity index (χ3n) is 1.17. The molecule has 76 valence electrons. The van der Waals surface area contributed by atoms with Crippen molar-refractivity contribution in [3.8, 4) is 0 Å². The van der Waals surface area contributed by atoms with Gasteiger partial charge in [-0.3, -0.25) is 4.99 Å². The molecule has 8 heteroatoms. The van der Waals surface area contributed by atoms with E-state index in [-0.39, 0.29) is 13.2 Å². The molecule has 0 aromatic heterocycles. The molecule has 0 amide bonds. The molecule has 1 heterocycles. The van der Waals surface area contributed by atoms with Crippen LogP contribution >= 0.6 is 0 Å². The maximum absolute atomic E-state index is 10.9. The first-order chi connectivity index (χ1) is 6.14. The predicted octanol–water partition coefficient (Wildman–Crippen LogP) is -1.48. The fourth-order valence-corrected chi connectivity index (χ4v) is 1.37. The molecule has 0 unspecified atom stereocenters. The Kier molecular flexibility index (Phi) is 3.60. The Morgan fingerprint density at radius 3 is 2.92 bits per heavy atom. The van der Waals surface area contributed by atoms with Crippen LogP contribution in [0.4, 0.5) is 0 Å². The van der Waals surface area contributed by atoms with Gasteiger partial charge >= 0.3 is 10.4 Å². The fraction of sp³-hybridized carbons (Fsp3) is 0.800. The molecule has 0 saturated heterocycles. The van der Waals surface area contributed by atoms with Gasteiger partial charge in [0.25, 0.3) is 0 Å². The number of aliphatic hydroxyl groups excluding tert-OH is 1. The quantitative estimate of drug-likeness (QED) is 0.595. The zero-order valence-electron chi connectivity index (χ0n) is 6.79. The highest BCUT2D eigenvalue weighted by atomic mass is 32.3. The number of hydrogen-bond acceptors (Lipinski definition) is 7. The van der Waals surface area contributed by atoms with Gasteiger partial charge in [0.15, 0.2) is 0 Å². The maximum Gasteiger partial charge on any atom is 0.421 e. The second-order valence-electron chi connectivity index (χ2n) is 2.19. The van der Waals surface area contributed by atoms with Gasteiger partial charge in [0, 0.05) is 0 Å². The van der Waals surface area contributed by atoms with Gasteiger partial charge in [0.1, 0.15) is 6.34 Å². The van der Waals surface area contributed by atoms with Gasteiger partial charge in [-0.2, -0.15) is 8.42 Å². The van der Waals surface area contributed by atoms with Crippen LogP contribution in [0.3, 0.4) is 0 Å². The average Bonchev–Trinajstić information content (AvgIpc) is 2.52. The van der Waals surface area contributed by atoms with Crippen molar-refractivity contribution in [3.63, 3.8) is 0 Å². The third-order valence-corrected chi connectivity index (χ3v) is 2.00. The summed E-state index contributed by atoms with van der Waals surface area (Å²) in [6, 6.07) is 0. The summed E-state index contributed by atoms with van der Waals surface area (Å²) in [6.45, 7) is 0.182. The molecular formula is C5H10N2O5S. The van der Waals surface area contributed by atoms with Crippen LogP contribution in [-0.4, -0.2) is 51.2 Å². The van der Waals surface area contributed by atoms with Crippen LogP contribution in [0.2, 0.25) is 0 Å². The summed E-state index contributed by atoms with van der Waals surface area (Å²) in [5.41, 5.74) is 0. The molecular weight excluding hydrogens is 200 g/mol. The van der Waals surface area contributed by atoms with E-state index in [1.54, 1.807) is 0 Å². The number of hydrogen-bond donors (Lipinski definition) is 1. The molecule has 0 radical (unpaired) electrons. The summed E-state index contributed by atoms with van der Waals surface area (Å²) in [6.07, 6.45) is 1.26. The van der Waals surface area contributed by atoms with E-state index in [9.17, 15) is 8.42 Å². The van der Waals surface area contributed by atoms with Crippen LogP contribution < -0.4 is 0 Å². The highest BCUT2D eigenvalue weighted by Gasteiger charge is 2.18. The summed E-state index contributed by atoms with van der Waals surface area (Å²) in [5, 5.41) is 9.35. The van der Waals surface area contributed by atoms with E-state index in [1.165, 1.54) is 6.34 Å². The van der Waals surface area contributed by atoms with Crippen LogP contribution in [-0.2, 0) is 18.9 Å². The number of rotatable bonds is 5.